The minimum absolute atomic E-state index is 0.240. The average molecular weight is 220 g/mol. The van der Waals surface area contributed by atoms with Crippen LogP contribution in [0.5, 0.6) is 0 Å². The van der Waals surface area contributed by atoms with Crippen molar-refractivity contribution in [2.75, 3.05) is 0 Å². The monoisotopic (exact) mass is 220 g/mol. The third kappa shape index (κ3) is 1.46. The molecule has 1 nitrogen and oxygen atoms in total. The van der Waals surface area contributed by atoms with Crippen LogP contribution in [-0.4, -0.2) is 13.9 Å². The molecule has 0 N–H and O–H groups in total. The van der Waals surface area contributed by atoms with Crippen molar-refractivity contribution in [1.82, 2.24) is 0 Å². The first-order chi connectivity index (χ1) is 6.84. The van der Waals surface area contributed by atoms with E-state index in [1.165, 1.54) is 5.57 Å². The SMILES string of the molecule is C=C(C)C1=C([Si](C)(C)C)[C@@H]2CCC(=O)[C@H]12. The molecule has 0 radical (unpaired) electrons. The van der Waals surface area contributed by atoms with E-state index >= 15 is 0 Å². The maximum Gasteiger partial charge on any atom is 0.140 e. The van der Waals surface area contributed by atoms with Crippen molar-refractivity contribution >= 4 is 13.9 Å². The quantitative estimate of drug-likeness (QED) is 0.652. The summed E-state index contributed by atoms with van der Waals surface area (Å²) in [7, 11) is -1.25. The van der Waals surface area contributed by atoms with E-state index in [4.69, 9.17) is 0 Å². The Morgan fingerprint density at radius 1 is 1.40 bits per heavy atom. The van der Waals surface area contributed by atoms with E-state index < -0.39 is 8.07 Å². The molecule has 0 aromatic rings. The van der Waals surface area contributed by atoms with E-state index in [-0.39, 0.29) is 5.92 Å². The molecule has 82 valence electrons. The normalized spacial score (nSPS) is 30.3. The van der Waals surface area contributed by atoms with Crippen LogP contribution in [0.1, 0.15) is 19.8 Å². The van der Waals surface area contributed by atoms with Gasteiger partial charge in [0.1, 0.15) is 5.78 Å². The number of rotatable bonds is 2. The minimum atomic E-state index is -1.25. The highest BCUT2D eigenvalue weighted by Crippen LogP contribution is 2.54. The molecule has 0 saturated heterocycles. The molecule has 2 rings (SSSR count). The molecule has 0 unspecified atom stereocenters. The van der Waals surface area contributed by atoms with Crippen molar-refractivity contribution in [3.05, 3.63) is 22.9 Å². The molecule has 15 heavy (non-hydrogen) atoms. The summed E-state index contributed by atoms with van der Waals surface area (Å²) in [4.78, 5) is 11.8. The van der Waals surface area contributed by atoms with E-state index in [0.29, 0.717) is 11.7 Å². The zero-order chi connectivity index (χ0) is 11.4. The lowest BCUT2D eigenvalue weighted by Gasteiger charge is -2.43. The van der Waals surface area contributed by atoms with Gasteiger partial charge in [0.2, 0.25) is 0 Å². The van der Waals surface area contributed by atoms with Gasteiger partial charge in [-0.05, 0) is 24.8 Å². The molecule has 2 aliphatic rings. The van der Waals surface area contributed by atoms with Crippen LogP contribution < -0.4 is 0 Å². The van der Waals surface area contributed by atoms with Gasteiger partial charge in [0.25, 0.3) is 0 Å². The lowest BCUT2D eigenvalue weighted by atomic mass is 9.73. The van der Waals surface area contributed by atoms with E-state index in [2.05, 4.69) is 33.1 Å². The van der Waals surface area contributed by atoms with Gasteiger partial charge in [-0.1, -0.05) is 37.0 Å². The van der Waals surface area contributed by atoms with Gasteiger partial charge in [-0.25, -0.2) is 0 Å². The topological polar surface area (TPSA) is 17.1 Å². The number of Topliss-reactive ketones (excluding diaryl/α,β-unsaturated/α-hetero) is 1. The molecule has 1 fully saturated rings. The fourth-order valence-corrected chi connectivity index (χ4v) is 5.84. The summed E-state index contributed by atoms with van der Waals surface area (Å²) in [6, 6.07) is 0. The molecule has 0 aromatic carbocycles. The first-order valence-corrected chi connectivity index (χ1v) is 9.27. The van der Waals surface area contributed by atoms with Gasteiger partial charge in [-0.2, -0.15) is 0 Å². The van der Waals surface area contributed by atoms with Crippen molar-refractivity contribution < 1.29 is 4.79 Å². The highest BCUT2D eigenvalue weighted by molar-refractivity contribution is 6.83. The van der Waals surface area contributed by atoms with Crippen LogP contribution in [-0.2, 0) is 4.79 Å². The van der Waals surface area contributed by atoms with Gasteiger partial charge < -0.3 is 0 Å². The number of ketones is 1. The Hall–Kier alpha value is -0.633. The highest BCUT2D eigenvalue weighted by Gasteiger charge is 2.51. The number of fused-ring (bicyclic) bond motifs is 1. The Morgan fingerprint density at radius 3 is 2.47 bits per heavy atom. The van der Waals surface area contributed by atoms with E-state index in [1.54, 1.807) is 5.20 Å². The molecule has 0 aliphatic heterocycles. The molecule has 0 amide bonds. The molecule has 0 heterocycles. The third-order valence-electron chi connectivity index (χ3n) is 3.69. The molecule has 0 bridgehead atoms. The average Bonchev–Trinajstić information content (AvgIpc) is 2.23. The zero-order valence-corrected chi connectivity index (χ0v) is 11.2. The summed E-state index contributed by atoms with van der Waals surface area (Å²) >= 11 is 0. The first-order valence-electron chi connectivity index (χ1n) is 5.77. The van der Waals surface area contributed by atoms with Crippen LogP contribution in [0, 0.1) is 11.8 Å². The Kier molecular flexibility index (Phi) is 2.30. The number of hydrogen-bond acceptors (Lipinski definition) is 1. The minimum Gasteiger partial charge on any atom is -0.299 e. The standard InChI is InChI=1S/C13H20OSi/c1-8(2)11-12-9(6-7-10(12)14)13(11)15(3,4)5/h9,12H,1,6-7H2,2-5H3/t9-,12-/m1/s1. The summed E-state index contributed by atoms with van der Waals surface area (Å²) in [6.45, 7) is 13.2. The Bertz CT molecular complexity index is 370. The smallest absolute Gasteiger partial charge is 0.140 e. The Balaban J connectivity index is 2.46. The van der Waals surface area contributed by atoms with Crippen molar-refractivity contribution in [2.24, 2.45) is 11.8 Å². The van der Waals surface area contributed by atoms with E-state index in [0.717, 1.165) is 18.4 Å². The van der Waals surface area contributed by atoms with Gasteiger partial charge in [0, 0.05) is 12.3 Å². The van der Waals surface area contributed by atoms with Gasteiger partial charge in [0.05, 0.1) is 8.07 Å². The zero-order valence-electron chi connectivity index (χ0n) is 10.2. The van der Waals surface area contributed by atoms with Gasteiger partial charge in [0.15, 0.2) is 0 Å². The highest BCUT2D eigenvalue weighted by atomic mass is 28.3. The van der Waals surface area contributed by atoms with Crippen LogP contribution in [0.4, 0.5) is 0 Å². The Morgan fingerprint density at radius 2 is 2.00 bits per heavy atom. The maximum atomic E-state index is 11.8. The second-order valence-electron chi connectivity index (χ2n) is 5.95. The third-order valence-corrected chi connectivity index (χ3v) is 5.95. The fourth-order valence-electron chi connectivity index (χ4n) is 3.24. The Labute approximate surface area is 93.3 Å². The van der Waals surface area contributed by atoms with E-state index in [1.807, 2.05) is 0 Å². The van der Waals surface area contributed by atoms with Crippen molar-refractivity contribution in [3.63, 3.8) is 0 Å². The van der Waals surface area contributed by atoms with Crippen molar-refractivity contribution in [2.45, 2.75) is 39.4 Å². The van der Waals surface area contributed by atoms with Crippen LogP contribution >= 0.6 is 0 Å². The predicted molar refractivity (Wildman–Crippen MR) is 66.4 cm³/mol. The van der Waals surface area contributed by atoms with Crippen LogP contribution in [0.2, 0.25) is 19.6 Å². The summed E-state index contributed by atoms with van der Waals surface area (Å²) in [6.07, 6.45) is 1.89. The van der Waals surface area contributed by atoms with Gasteiger partial charge >= 0.3 is 0 Å². The van der Waals surface area contributed by atoms with E-state index in [9.17, 15) is 4.79 Å². The largest absolute Gasteiger partial charge is 0.299 e. The molecular formula is C13H20OSi. The second kappa shape index (κ2) is 3.18. The molecular weight excluding hydrogens is 200 g/mol. The molecule has 2 aliphatic carbocycles. The maximum absolute atomic E-state index is 11.8. The summed E-state index contributed by atoms with van der Waals surface area (Å²) in [5.74, 6) is 1.29. The number of hydrogen-bond donors (Lipinski definition) is 0. The van der Waals surface area contributed by atoms with Gasteiger partial charge in [-0.3, -0.25) is 4.79 Å². The van der Waals surface area contributed by atoms with Crippen molar-refractivity contribution in [1.29, 1.82) is 0 Å². The number of allylic oxidation sites excluding steroid dienone is 3. The molecule has 2 atom stereocenters. The van der Waals surface area contributed by atoms with Crippen LogP contribution in [0.25, 0.3) is 0 Å². The van der Waals surface area contributed by atoms with Crippen LogP contribution in [0.3, 0.4) is 0 Å². The molecule has 1 saturated carbocycles. The summed E-state index contributed by atoms with van der Waals surface area (Å²) in [5.41, 5.74) is 2.46. The summed E-state index contributed by atoms with van der Waals surface area (Å²) in [5, 5.41) is 1.63. The first kappa shape index (κ1) is 10.9. The lowest BCUT2D eigenvalue weighted by Crippen LogP contribution is -2.42. The summed E-state index contributed by atoms with van der Waals surface area (Å²) < 4.78 is 0. The van der Waals surface area contributed by atoms with Crippen LogP contribution in [0.15, 0.2) is 22.9 Å². The van der Waals surface area contributed by atoms with Gasteiger partial charge in [-0.15, -0.1) is 0 Å². The number of carbonyl (C=O) groups excluding carboxylic acids is 1. The molecule has 0 aromatic heterocycles. The predicted octanol–water partition coefficient (Wildman–Crippen LogP) is 3.35. The number of carbonyl (C=O) groups is 1. The molecule has 2 heteroatoms. The molecule has 0 spiro atoms. The van der Waals surface area contributed by atoms with Crippen molar-refractivity contribution in [3.8, 4) is 0 Å². The lowest BCUT2D eigenvalue weighted by molar-refractivity contribution is -0.120. The second-order valence-corrected chi connectivity index (χ2v) is 11.0. The fraction of sp³-hybridized carbons (Fsp3) is 0.615.